The third-order valence-electron chi connectivity index (χ3n) is 2.67. The van der Waals surface area contributed by atoms with Crippen LogP contribution in [0.4, 0.5) is 0 Å². The largest absolute Gasteiger partial charge is 0.384 e. The van der Waals surface area contributed by atoms with E-state index in [1.165, 1.54) is 17.3 Å². The Hall–Kier alpha value is -0.0600. The van der Waals surface area contributed by atoms with Gasteiger partial charge in [-0.05, 0) is 30.1 Å². The van der Waals surface area contributed by atoms with Crippen LogP contribution in [-0.4, -0.2) is 20.5 Å². The van der Waals surface area contributed by atoms with E-state index in [0.29, 0.717) is 0 Å². The Morgan fingerprint density at radius 1 is 1.69 bits per heavy atom. The van der Waals surface area contributed by atoms with Crippen LogP contribution < -0.4 is 0 Å². The first-order valence-electron chi connectivity index (χ1n) is 4.47. The second-order valence-corrected chi connectivity index (χ2v) is 5.56. The van der Waals surface area contributed by atoms with Crippen LogP contribution in [0.3, 0.4) is 0 Å². The SMILES string of the molecule is CC1SCCCC1(O)c1cnsc1. The molecule has 2 heterocycles. The molecule has 72 valence electrons. The molecule has 13 heavy (non-hydrogen) atoms. The first-order valence-corrected chi connectivity index (χ1v) is 6.36. The molecule has 0 radical (unpaired) electrons. The molecule has 1 fully saturated rings. The van der Waals surface area contributed by atoms with E-state index in [0.717, 1.165) is 18.4 Å². The number of hydrogen-bond acceptors (Lipinski definition) is 4. The van der Waals surface area contributed by atoms with E-state index in [1.807, 2.05) is 17.1 Å². The predicted octanol–water partition coefficient (Wildman–Crippen LogP) is 2.25. The van der Waals surface area contributed by atoms with E-state index in [9.17, 15) is 5.11 Å². The molecule has 1 N–H and O–H groups in total. The molecule has 0 bridgehead atoms. The van der Waals surface area contributed by atoms with Gasteiger partial charge in [0.2, 0.25) is 0 Å². The molecule has 2 rings (SSSR count). The summed E-state index contributed by atoms with van der Waals surface area (Å²) in [5, 5.41) is 12.7. The standard InChI is InChI=1S/C9H13NOS2/c1-7-9(11,3-2-4-12-7)8-5-10-13-6-8/h5-7,11H,2-4H2,1H3. The lowest BCUT2D eigenvalue weighted by Crippen LogP contribution is -2.38. The third-order valence-corrected chi connectivity index (χ3v) is 4.68. The second-order valence-electron chi connectivity index (χ2n) is 3.45. The van der Waals surface area contributed by atoms with Gasteiger partial charge in [-0.3, -0.25) is 0 Å². The van der Waals surface area contributed by atoms with Gasteiger partial charge in [-0.1, -0.05) is 6.92 Å². The quantitative estimate of drug-likeness (QED) is 0.780. The highest BCUT2D eigenvalue weighted by atomic mass is 32.2. The molecule has 1 aromatic heterocycles. The summed E-state index contributed by atoms with van der Waals surface area (Å²) in [5.74, 6) is 1.17. The Morgan fingerprint density at radius 2 is 2.54 bits per heavy atom. The smallest absolute Gasteiger partial charge is 0.104 e. The number of hydrogen-bond donors (Lipinski definition) is 1. The predicted molar refractivity (Wildman–Crippen MR) is 57.2 cm³/mol. The van der Waals surface area contributed by atoms with Crippen molar-refractivity contribution in [2.45, 2.75) is 30.6 Å². The van der Waals surface area contributed by atoms with E-state index in [4.69, 9.17) is 0 Å². The van der Waals surface area contributed by atoms with Crippen molar-refractivity contribution in [3.05, 3.63) is 17.1 Å². The summed E-state index contributed by atoms with van der Waals surface area (Å²) in [7, 11) is 0. The first-order chi connectivity index (χ1) is 6.23. The molecule has 1 aliphatic heterocycles. The number of aromatic nitrogens is 1. The highest BCUT2D eigenvalue weighted by Crippen LogP contribution is 2.41. The monoisotopic (exact) mass is 215 g/mol. The minimum atomic E-state index is -0.629. The zero-order valence-corrected chi connectivity index (χ0v) is 9.20. The van der Waals surface area contributed by atoms with Crippen molar-refractivity contribution in [2.24, 2.45) is 0 Å². The molecule has 0 saturated carbocycles. The molecule has 1 aliphatic rings. The lowest BCUT2D eigenvalue weighted by atomic mass is 9.88. The zero-order valence-electron chi connectivity index (χ0n) is 7.56. The molecular formula is C9H13NOS2. The molecule has 2 unspecified atom stereocenters. The number of thioether (sulfide) groups is 1. The van der Waals surface area contributed by atoms with Crippen molar-refractivity contribution in [3.8, 4) is 0 Å². The summed E-state index contributed by atoms with van der Waals surface area (Å²) < 4.78 is 4.05. The van der Waals surface area contributed by atoms with Gasteiger partial charge in [-0.15, -0.1) is 0 Å². The highest BCUT2D eigenvalue weighted by Gasteiger charge is 2.38. The van der Waals surface area contributed by atoms with Crippen LogP contribution in [0.1, 0.15) is 25.3 Å². The van der Waals surface area contributed by atoms with Gasteiger partial charge < -0.3 is 5.11 Å². The van der Waals surface area contributed by atoms with E-state index >= 15 is 0 Å². The Kier molecular flexibility index (Phi) is 2.62. The van der Waals surface area contributed by atoms with Crippen LogP contribution in [0, 0.1) is 0 Å². The van der Waals surface area contributed by atoms with E-state index in [2.05, 4.69) is 11.3 Å². The Labute approximate surface area is 86.5 Å². The molecule has 1 aromatic rings. The molecular weight excluding hydrogens is 202 g/mol. The summed E-state index contributed by atoms with van der Waals surface area (Å²) in [5.41, 5.74) is 0.368. The Bertz CT molecular complexity index is 275. The third kappa shape index (κ3) is 1.63. The summed E-state index contributed by atoms with van der Waals surface area (Å²) in [6, 6.07) is 0. The van der Waals surface area contributed by atoms with Crippen LogP contribution >= 0.6 is 23.3 Å². The fraction of sp³-hybridized carbons (Fsp3) is 0.667. The van der Waals surface area contributed by atoms with Gasteiger partial charge in [0.15, 0.2) is 0 Å². The fourth-order valence-corrected chi connectivity index (χ4v) is 3.55. The van der Waals surface area contributed by atoms with Gasteiger partial charge >= 0.3 is 0 Å². The van der Waals surface area contributed by atoms with Crippen molar-refractivity contribution in [3.63, 3.8) is 0 Å². The lowest BCUT2D eigenvalue weighted by molar-refractivity contribution is 0.0256. The topological polar surface area (TPSA) is 33.1 Å². The van der Waals surface area contributed by atoms with Gasteiger partial charge in [0.25, 0.3) is 0 Å². The summed E-state index contributed by atoms with van der Waals surface area (Å²) >= 11 is 3.26. The molecule has 0 aromatic carbocycles. The highest BCUT2D eigenvalue weighted by molar-refractivity contribution is 8.00. The Morgan fingerprint density at radius 3 is 3.15 bits per heavy atom. The van der Waals surface area contributed by atoms with Crippen molar-refractivity contribution >= 4 is 23.3 Å². The normalized spacial score (nSPS) is 34.8. The summed E-state index contributed by atoms with van der Waals surface area (Å²) in [4.78, 5) is 0. The maximum Gasteiger partial charge on any atom is 0.104 e. The fourth-order valence-electron chi connectivity index (χ4n) is 1.74. The molecule has 1 saturated heterocycles. The number of aliphatic hydroxyl groups is 1. The van der Waals surface area contributed by atoms with Crippen LogP contribution in [0.5, 0.6) is 0 Å². The molecule has 4 heteroatoms. The van der Waals surface area contributed by atoms with Crippen LogP contribution in [0.25, 0.3) is 0 Å². The van der Waals surface area contributed by atoms with Crippen LogP contribution in [-0.2, 0) is 5.60 Å². The van der Waals surface area contributed by atoms with Gasteiger partial charge in [-0.2, -0.15) is 11.8 Å². The second kappa shape index (κ2) is 3.59. The van der Waals surface area contributed by atoms with E-state index in [1.54, 1.807) is 6.20 Å². The summed E-state index contributed by atoms with van der Waals surface area (Å²) in [6.45, 7) is 2.10. The molecule has 0 aliphatic carbocycles. The van der Waals surface area contributed by atoms with Gasteiger partial charge in [0.05, 0.1) is 0 Å². The van der Waals surface area contributed by atoms with Crippen LogP contribution in [0.2, 0.25) is 0 Å². The van der Waals surface area contributed by atoms with Crippen molar-refractivity contribution in [1.29, 1.82) is 0 Å². The lowest BCUT2D eigenvalue weighted by Gasteiger charge is -2.36. The molecule has 0 amide bonds. The maximum absolute atomic E-state index is 10.4. The van der Waals surface area contributed by atoms with Gasteiger partial charge in [0.1, 0.15) is 5.60 Å². The van der Waals surface area contributed by atoms with Crippen molar-refractivity contribution in [2.75, 3.05) is 5.75 Å². The molecule has 2 atom stereocenters. The van der Waals surface area contributed by atoms with Gasteiger partial charge in [0, 0.05) is 22.4 Å². The van der Waals surface area contributed by atoms with E-state index < -0.39 is 5.60 Å². The molecule has 0 spiro atoms. The van der Waals surface area contributed by atoms with Crippen molar-refractivity contribution in [1.82, 2.24) is 4.37 Å². The van der Waals surface area contributed by atoms with Crippen LogP contribution in [0.15, 0.2) is 11.6 Å². The average Bonchev–Trinajstić information content (AvgIpc) is 2.63. The van der Waals surface area contributed by atoms with Crippen molar-refractivity contribution < 1.29 is 5.11 Å². The first kappa shape index (κ1) is 9.49. The van der Waals surface area contributed by atoms with Gasteiger partial charge in [-0.25, -0.2) is 4.37 Å². The summed E-state index contributed by atoms with van der Waals surface area (Å²) in [6.07, 6.45) is 3.77. The Balaban J connectivity index is 2.27. The molecule has 2 nitrogen and oxygen atoms in total. The maximum atomic E-state index is 10.4. The zero-order chi connectivity index (χ0) is 9.31. The minimum absolute atomic E-state index is 0.289. The number of nitrogens with zero attached hydrogens (tertiary/aromatic N) is 1. The average molecular weight is 215 g/mol. The number of rotatable bonds is 1. The van der Waals surface area contributed by atoms with E-state index in [-0.39, 0.29) is 5.25 Å². The minimum Gasteiger partial charge on any atom is -0.384 e.